The Labute approximate surface area is 198 Å². The summed E-state index contributed by atoms with van der Waals surface area (Å²) in [6.07, 6.45) is 0.639. The van der Waals surface area contributed by atoms with Crippen LogP contribution in [0.15, 0.2) is 23.2 Å². The lowest BCUT2D eigenvalue weighted by Crippen LogP contribution is -2.25. The number of anilines is 1. The van der Waals surface area contributed by atoms with E-state index in [2.05, 4.69) is 38.2 Å². The lowest BCUT2D eigenvalue weighted by Gasteiger charge is -2.16. The second-order valence-electron chi connectivity index (χ2n) is 7.97. The van der Waals surface area contributed by atoms with Crippen molar-refractivity contribution in [3.8, 4) is 0 Å². The molecule has 0 bridgehead atoms. The van der Waals surface area contributed by atoms with E-state index in [1.807, 2.05) is 26.8 Å². The third-order valence-electron chi connectivity index (χ3n) is 5.46. The van der Waals surface area contributed by atoms with E-state index in [0.29, 0.717) is 23.6 Å². The van der Waals surface area contributed by atoms with Crippen LogP contribution in [0.1, 0.15) is 57.8 Å². The number of amides is 1. The van der Waals surface area contributed by atoms with Gasteiger partial charge in [0, 0.05) is 10.3 Å². The number of aryl methyl sites for hydroxylation is 4. The van der Waals surface area contributed by atoms with Gasteiger partial charge in [0.05, 0.1) is 28.0 Å². The fourth-order valence-electron chi connectivity index (χ4n) is 3.70. The van der Waals surface area contributed by atoms with Gasteiger partial charge >= 0.3 is 5.97 Å². The van der Waals surface area contributed by atoms with E-state index in [4.69, 9.17) is 9.72 Å². The maximum atomic E-state index is 13.2. The highest BCUT2D eigenvalue weighted by Crippen LogP contribution is 2.35. The van der Waals surface area contributed by atoms with Gasteiger partial charge in [0.25, 0.3) is 0 Å². The van der Waals surface area contributed by atoms with Gasteiger partial charge in [0.2, 0.25) is 5.91 Å². The van der Waals surface area contributed by atoms with Crippen LogP contribution in [0.25, 0.3) is 10.9 Å². The first-order valence-corrected chi connectivity index (χ1v) is 12.5. The number of ether oxygens (including phenoxy) is 1. The predicted molar refractivity (Wildman–Crippen MR) is 134 cm³/mol. The summed E-state index contributed by atoms with van der Waals surface area (Å²) in [5.41, 5.74) is 5.77. The number of hydrogen-bond acceptors (Lipinski definition) is 6. The number of benzene rings is 1. The number of carbonyl (C=O) groups is 2. The molecule has 2 heterocycles. The van der Waals surface area contributed by atoms with Gasteiger partial charge in [-0.1, -0.05) is 30.3 Å². The molecule has 0 saturated carbocycles. The van der Waals surface area contributed by atoms with E-state index < -0.39 is 5.97 Å². The molecule has 1 amide bonds. The molecule has 3 aromatic rings. The standard InChI is InChI=1S/C25H30N2O3S2/c1-8-19(23(28)27-24-21(25(29)30-9-2)16(6)17(7)31-24)32-20-12-14(4)18-11-13(3)10-15(5)22(18)26-20/h10-12,19H,8-9H2,1-7H3,(H,27,28). The van der Waals surface area contributed by atoms with E-state index in [-0.39, 0.29) is 11.2 Å². The van der Waals surface area contributed by atoms with Crippen molar-refractivity contribution >= 4 is 50.9 Å². The van der Waals surface area contributed by atoms with Gasteiger partial charge in [-0.05, 0) is 76.8 Å². The summed E-state index contributed by atoms with van der Waals surface area (Å²) in [5.74, 6) is -0.535. The highest BCUT2D eigenvalue weighted by atomic mass is 32.2. The third-order valence-corrected chi connectivity index (χ3v) is 7.86. The Balaban J connectivity index is 1.87. The number of aromatic nitrogens is 1. The van der Waals surface area contributed by atoms with Gasteiger partial charge in [0.1, 0.15) is 5.00 Å². The lowest BCUT2D eigenvalue weighted by molar-refractivity contribution is -0.115. The molecular formula is C25H30N2O3S2. The number of carbonyl (C=O) groups excluding carboxylic acids is 2. The van der Waals surface area contributed by atoms with Gasteiger partial charge in [-0.25, -0.2) is 9.78 Å². The smallest absolute Gasteiger partial charge is 0.341 e. The first-order chi connectivity index (χ1) is 15.2. The summed E-state index contributed by atoms with van der Waals surface area (Å²) in [6.45, 7) is 14.1. The summed E-state index contributed by atoms with van der Waals surface area (Å²) in [5, 5.41) is 5.18. The number of pyridine rings is 1. The molecule has 1 atom stereocenters. The predicted octanol–water partition coefficient (Wildman–Crippen LogP) is 6.52. The van der Waals surface area contributed by atoms with Crippen molar-refractivity contribution in [3.05, 3.63) is 50.9 Å². The Morgan fingerprint density at radius 2 is 1.81 bits per heavy atom. The Bertz CT molecular complexity index is 1180. The molecule has 2 aromatic heterocycles. The molecule has 0 fully saturated rings. The second-order valence-corrected chi connectivity index (χ2v) is 10.4. The normalized spacial score (nSPS) is 12.1. The Kier molecular flexibility index (Phi) is 7.62. The molecule has 0 aliphatic rings. The van der Waals surface area contributed by atoms with Crippen molar-refractivity contribution in [2.45, 2.75) is 65.2 Å². The molecule has 0 spiro atoms. The van der Waals surface area contributed by atoms with Crippen LogP contribution >= 0.6 is 23.1 Å². The molecule has 0 radical (unpaired) electrons. The van der Waals surface area contributed by atoms with Gasteiger partial charge in [-0.15, -0.1) is 11.3 Å². The first kappa shape index (κ1) is 24.3. The van der Waals surface area contributed by atoms with Crippen LogP contribution in [0, 0.1) is 34.6 Å². The lowest BCUT2D eigenvalue weighted by atomic mass is 10.0. The van der Waals surface area contributed by atoms with Gasteiger partial charge in [-0.2, -0.15) is 0 Å². The van der Waals surface area contributed by atoms with Gasteiger partial charge in [-0.3, -0.25) is 4.79 Å². The molecule has 1 unspecified atom stereocenters. The molecule has 0 aliphatic carbocycles. The van der Waals surface area contributed by atoms with Crippen LogP contribution in [0.5, 0.6) is 0 Å². The maximum Gasteiger partial charge on any atom is 0.341 e. The highest BCUT2D eigenvalue weighted by Gasteiger charge is 2.25. The quantitative estimate of drug-likeness (QED) is 0.314. The van der Waals surface area contributed by atoms with Crippen LogP contribution in [0.4, 0.5) is 5.00 Å². The van der Waals surface area contributed by atoms with E-state index in [1.54, 1.807) is 6.92 Å². The highest BCUT2D eigenvalue weighted by molar-refractivity contribution is 8.00. The maximum absolute atomic E-state index is 13.2. The largest absolute Gasteiger partial charge is 0.462 e. The second kappa shape index (κ2) is 10.0. The zero-order valence-corrected chi connectivity index (χ0v) is 21.3. The van der Waals surface area contributed by atoms with Crippen LogP contribution in [0.2, 0.25) is 0 Å². The van der Waals surface area contributed by atoms with Gasteiger partial charge in [0.15, 0.2) is 0 Å². The molecule has 7 heteroatoms. The Morgan fingerprint density at radius 1 is 1.09 bits per heavy atom. The number of hydrogen-bond donors (Lipinski definition) is 1. The molecule has 1 N–H and O–H groups in total. The first-order valence-electron chi connectivity index (χ1n) is 10.8. The van der Waals surface area contributed by atoms with Crippen LogP contribution in [-0.2, 0) is 9.53 Å². The minimum absolute atomic E-state index is 0.135. The average molecular weight is 471 g/mol. The average Bonchev–Trinajstić information content (AvgIpc) is 3.00. The minimum atomic E-state index is -0.400. The Hall–Kier alpha value is -2.38. The summed E-state index contributed by atoms with van der Waals surface area (Å²) in [4.78, 5) is 31.4. The number of rotatable bonds is 7. The zero-order chi connectivity index (χ0) is 23.6. The van der Waals surface area contributed by atoms with Crippen LogP contribution in [0.3, 0.4) is 0 Å². The van der Waals surface area contributed by atoms with Crippen molar-refractivity contribution in [1.29, 1.82) is 0 Å². The van der Waals surface area contributed by atoms with Crippen LogP contribution in [-0.4, -0.2) is 28.7 Å². The molecule has 3 rings (SSSR count). The topological polar surface area (TPSA) is 68.3 Å². The summed E-state index contributed by atoms with van der Waals surface area (Å²) < 4.78 is 5.20. The van der Waals surface area contributed by atoms with E-state index >= 15 is 0 Å². The summed E-state index contributed by atoms with van der Waals surface area (Å²) >= 11 is 2.87. The molecule has 1 aromatic carbocycles. The van der Waals surface area contributed by atoms with Crippen molar-refractivity contribution in [3.63, 3.8) is 0 Å². The Morgan fingerprint density at radius 3 is 2.47 bits per heavy atom. The molecule has 0 saturated heterocycles. The number of thioether (sulfide) groups is 1. The summed E-state index contributed by atoms with van der Waals surface area (Å²) in [7, 11) is 0. The van der Waals surface area contributed by atoms with Gasteiger partial charge < -0.3 is 10.1 Å². The number of esters is 1. The fourth-order valence-corrected chi connectivity index (χ4v) is 5.76. The minimum Gasteiger partial charge on any atom is -0.462 e. The number of nitrogens with zero attached hydrogens (tertiary/aromatic N) is 1. The molecule has 170 valence electrons. The zero-order valence-electron chi connectivity index (χ0n) is 19.7. The van der Waals surface area contributed by atoms with E-state index in [0.717, 1.165) is 37.5 Å². The van der Waals surface area contributed by atoms with Crippen molar-refractivity contribution in [1.82, 2.24) is 4.98 Å². The van der Waals surface area contributed by atoms with Crippen molar-refractivity contribution in [2.75, 3.05) is 11.9 Å². The fraction of sp³-hybridized carbons (Fsp3) is 0.400. The molecule has 0 aliphatic heterocycles. The van der Waals surface area contributed by atoms with E-state index in [1.165, 1.54) is 28.7 Å². The SMILES string of the molecule is CCOC(=O)c1c(NC(=O)C(CC)Sc2cc(C)c3cc(C)cc(C)c3n2)sc(C)c1C. The number of nitrogens with one attached hydrogen (secondary N) is 1. The van der Waals surface area contributed by atoms with Crippen molar-refractivity contribution in [2.24, 2.45) is 0 Å². The molecule has 5 nitrogen and oxygen atoms in total. The van der Waals surface area contributed by atoms with E-state index in [9.17, 15) is 9.59 Å². The number of fused-ring (bicyclic) bond motifs is 1. The van der Waals surface area contributed by atoms with Crippen molar-refractivity contribution < 1.29 is 14.3 Å². The molecule has 32 heavy (non-hydrogen) atoms. The third kappa shape index (κ3) is 4.99. The van der Waals surface area contributed by atoms with Crippen LogP contribution < -0.4 is 5.32 Å². The summed E-state index contributed by atoms with van der Waals surface area (Å²) in [6, 6.07) is 6.33. The number of thiophene rings is 1. The molecular weight excluding hydrogens is 440 g/mol. The monoisotopic (exact) mass is 470 g/mol.